The van der Waals surface area contributed by atoms with Crippen LogP contribution >= 0.6 is 0 Å². The van der Waals surface area contributed by atoms with Crippen LogP contribution in [0.1, 0.15) is 18.7 Å². The number of para-hydroxylation sites is 1. The van der Waals surface area contributed by atoms with E-state index in [1.54, 1.807) is 6.92 Å². The first-order chi connectivity index (χ1) is 10.1. The van der Waals surface area contributed by atoms with Crippen molar-refractivity contribution in [3.63, 3.8) is 0 Å². The lowest BCUT2D eigenvalue weighted by atomic mass is 10.2. The largest absolute Gasteiger partial charge is 0.459 e. The van der Waals surface area contributed by atoms with Gasteiger partial charge in [0.25, 0.3) is 0 Å². The minimum Gasteiger partial charge on any atom is -0.459 e. The molecular formula is C16H21N3O2. The van der Waals surface area contributed by atoms with Crippen LogP contribution in [0.3, 0.4) is 0 Å². The molecule has 0 saturated carbocycles. The van der Waals surface area contributed by atoms with Crippen molar-refractivity contribution < 1.29 is 9.21 Å². The van der Waals surface area contributed by atoms with Crippen LogP contribution in [-0.2, 0) is 4.79 Å². The Morgan fingerprint density at radius 1 is 1.29 bits per heavy atom. The molecule has 1 aliphatic heterocycles. The minimum absolute atomic E-state index is 0.138. The zero-order valence-corrected chi connectivity index (χ0v) is 12.3. The molecule has 5 nitrogen and oxygen atoms in total. The molecule has 2 aromatic rings. The summed E-state index contributed by atoms with van der Waals surface area (Å²) >= 11 is 0. The lowest BCUT2D eigenvalue weighted by molar-refractivity contribution is -0.130. The average Bonchev–Trinajstić information content (AvgIpc) is 2.92. The molecule has 21 heavy (non-hydrogen) atoms. The summed E-state index contributed by atoms with van der Waals surface area (Å²) in [6.45, 7) is 5.67. The second-order valence-electron chi connectivity index (χ2n) is 5.60. The molecule has 1 atom stereocenters. The first kappa shape index (κ1) is 14.1. The fraction of sp³-hybridized carbons (Fsp3) is 0.438. The number of nitrogens with zero attached hydrogens (tertiary/aromatic N) is 2. The lowest BCUT2D eigenvalue weighted by Gasteiger charge is -2.35. The number of nitrogens with two attached hydrogens (primary N) is 1. The fourth-order valence-corrected chi connectivity index (χ4v) is 2.80. The van der Waals surface area contributed by atoms with E-state index < -0.39 is 0 Å². The van der Waals surface area contributed by atoms with E-state index in [0.717, 1.165) is 49.5 Å². The number of hydrogen-bond acceptors (Lipinski definition) is 4. The Kier molecular flexibility index (Phi) is 3.94. The number of carbonyl (C=O) groups excluding carboxylic acids is 1. The summed E-state index contributed by atoms with van der Waals surface area (Å²) in [5.41, 5.74) is 7.15. The van der Waals surface area contributed by atoms with E-state index in [2.05, 4.69) is 4.90 Å². The zero-order chi connectivity index (χ0) is 14.8. The number of furan rings is 1. The normalized spacial score (nSPS) is 18.1. The molecule has 1 aromatic heterocycles. The third-order valence-electron chi connectivity index (χ3n) is 4.08. The third-order valence-corrected chi connectivity index (χ3v) is 4.08. The Hall–Kier alpha value is -1.85. The molecule has 0 bridgehead atoms. The van der Waals surface area contributed by atoms with Gasteiger partial charge < -0.3 is 15.1 Å². The highest BCUT2D eigenvalue weighted by Crippen LogP contribution is 2.23. The summed E-state index contributed by atoms with van der Waals surface area (Å²) in [5, 5.41) is 1.09. The molecule has 0 radical (unpaired) electrons. The summed E-state index contributed by atoms with van der Waals surface area (Å²) in [6, 6.07) is 9.82. The molecule has 1 unspecified atom stereocenters. The van der Waals surface area contributed by atoms with Crippen LogP contribution < -0.4 is 5.73 Å². The van der Waals surface area contributed by atoms with Crippen LogP contribution in [-0.4, -0.2) is 48.4 Å². The molecule has 1 amide bonds. The second-order valence-corrected chi connectivity index (χ2v) is 5.60. The van der Waals surface area contributed by atoms with Gasteiger partial charge >= 0.3 is 0 Å². The van der Waals surface area contributed by atoms with Crippen LogP contribution in [0.4, 0.5) is 0 Å². The molecule has 3 rings (SSSR count). The van der Waals surface area contributed by atoms with Crippen molar-refractivity contribution in [2.75, 3.05) is 32.7 Å². The van der Waals surface area contributed by atoms with E-state index >= 15 is 0 Å². The number of hydrogen-bond donors (Lipinski definition) is 1. The fourth-order valence-electron chi connectivity index (χ4n) is 2.80. The SMILES string of the molecule is CC(=O)N1CCN(CC(N)c2cc3ccccc3o2)CC1. The number of amides is 1. The summed E-state index contributed by atoms with van der Waals surface area (Å²) in [6.07, 6.45) is 0. The van der Waals surface area contributed by atoms with Crippen LogP contribution in [0.5, 0.6) is 0 Å². The van der Waals surface area contributed by atoms with Crippen molar-refractivity contribution in [1.29, 1.82) is 0 Å². The molecule has 1 saturated heterocycles. The smallest absolute Gasteiger partial charge is 0.219 e. The van der Waals surface area contributed by atoms with Crippen LogP contribution in [0, 0.1) is 0 Å². The minimum atomic E-state index is -0.138. The summed E-state index contributed by atoms with van der Waals surface area (Å²) in [7, 11) is 0. The quantitative estimate of drug-likeness (QED) is 0.931. The molecule has 1 fully saturated rings. The Morgan fingerprint density at radius 2 is 2.00 bits per heavy atom. The Morgan fingerprint density at radius 3 is 2.67 bits per heavy atom. The first-order valence-electron chi connectivity index (χ1n) is 7.35. The Balaban J connectivity index is 1.61. The number of carbonyl (C=O) groups is 1. The van der Waals surface area contributed by atoms with Crippen LogP contribution in [0.2, 0.25) is 0 Å². The Labute approximate surface area is 124 Å². The standard InChI is InChI=1S/C16H21N3O2/c1-12(20)19-8-6-18(7-9-19)11-14(17)16-10-13-4-2-3-5-15(13)21-16/h2-5,10,14H,6-9,11,17H2,1H3. The molecule has 112 valence electrons. The van der Waals surface area contributed by atoms with Gasteiger partial charge in [-0.1, -0.05) is 18.2 Å². The van der Waals surface area contributed by atoms with E-state index in [1.165, 1.54) is 0 Å². The van der Waals surface area contributed by atoms with E-state index in [-0.39, 0.29) is 11.9 Å². The van der Waals surface area contributed by atoms with Gasteiger partial charge in [-0.2, -0.15) is 0 Å². The van der Waals surface area contributed by atoms with Crippen LogP contribution in [0.15, 0.2) is 34.7 Å². The van der Waals surface area contributed by atoms with E-state index in [9.17, 15) is 4.79 Å². The van der Waals surface area contributed by atoms with Crippen LogP contribution in [0.25, 0.3) is 11.0 Å². The molecule has 1 aromatic carbocycles. The summed E-state index contributed by atoms with van der Waals surface area (Å²) < 4.78 is 5.81. The number of piperazine rings is 1. The number of fused-ring (bicyclic) bond motifs is 1. The monoisotopic (exact) mass is 287 g/mol. The maximum Gasteiger partial charge on any atom is 0.219 e. The molecule has 2 heterocycles. The van der Waals surface area contributed by atoms with Gasteiger partial charge in [-0.15, -0.1) is 0 Å². The van der Waals surface area contributed by atoms with Crippen molar-refractivity contribution in [3.05, 3.63) is 36.1 Å². The zero-order valence-electron chi connectivity index (χ0n) is 12.3. The summed E-state index contributed by atoms with van der Waals surface area (Å²) in [4.78, 5) is 15.5. The van der Waals surface area contributed by atoms with Crippen molar-refractivity contribution in [1.82, 2.24) is 9.80 Å². The highest BCUT2D eigenvalue weighted by molar-refractivity contribution is 5.77. The van der Waals surface area contributed by atoms with Crippen molar-refractivity contribution in [3.8, 4) is 0 Å². The average molecular weight is 287 g/mol. The number of rotatable bonds is 3. The lowest BCUT2D eigenvalue weighted by Crippen LogP contribution is -2.49. The molecule has 2 N–H and O–H groups in total. The van der Waals surface area contributed by atoms with E-state index in [0.29, 0.717) is 0 Å². The molecular weight excluding hydrogens is 266 g/mol. The van der Waals surface area contributed by atoms with Gasteiger partial charge in [0.1, 0.15) is 11.3 Å². The van der Waals surface area contributed by atoms with Crippen molar-refractivity contribution >= 4 is 16.9 Å². The maximum atomic E-state index is 11.3. The van der Waals surface area contributed by atoms with Gasteiger partial charge in [0, 0.05) is 45.0 Å². The Bertz CT molecular complexity index is 596. The van der Waals surface area contributed by atoms with Gasteiger partial charge in [0.2, 0.25) is 5.91 Å². The highest BCUT2D eigenvalue weighted by atomic mass is 16.3. The third kappa shape index (κ3) is 3.09. The first-order valence-corrected chi connectivity index (χ1v) is 7.35. The van der Waals surface area contributed by atoms with Gasteiger partial charge in [0.05, 0.1) is 6.04 Å². The van der Waals surface area contributed by atoms with Gasteiger partial charge in [-0.05, 0) is 12.1 Å². The molecule has 1 aliphatic rings. The summed E-state index contributed by atoms with van der Waals surface area (Å²) in [5.74, 6) is 0.974. The molecule has 0 spiro atoms. The second kappa shape index (κ2) is 5.87. The van der Waals surface area contributed by atoms with Gasteiger partial charge in [0.15, 0.2) is 0 Å². The maximum absolute atomic E-state index is 11.3. The number of benzene rings is 1. The van der Waals surface area contributed by atoms with E-state index in [1.807, 2.05) is 35.2 Å². The predicted octanol–water partition coefficient (Wildman–Crippen LogP) is 1.60. The molecule has 5 heteroatoms. The highest BCUT2D eigenvalue weighted by Gasteiger charge is 2.21. The van der Waals surface area contributed by atoms with E-state index in [4.69, 9.17) is 10.2 Å². The predicted molar refractivity (Wildman–Crippen MR) is 81.8 cm³/mol. The topological polar surface area (TPSA) is 62.7 Å². The van der Waals surface area contributed by atoms with Gasteiger partial charge in [-0.3, -0.25) is 9.69 Å². The van der Waals surface area contributed by atoms with Crippen molar-refractivity contribution in [2.24, 2.45) is 5.73 Å². The molecule has 0 aliphatic carbocycles. The van der Waals surface area contributed by atoms with Crippen molar-refractivity contribution in [2.45, 2.75) is 13.0 Å². The van der Waals surface area contributed by atoms with Gasteiger partial charge in [-0.25, -0.2) is 0 Å².